The summed E-state index contributed by atoms with van der Waals surface area (Å²) >= 11 is 0. The predicted molar refractivity (Wildman–Crippen MR) is 121 cm³/mol. The molecule has 0 aromatic carbocycles. The van der Waals surface area contributed by atoms with Crippen LogP contribution in [-0.4, -0.2) is 69.4 Å². The number of rotatable bonds is 10. The first-order valence-corrected chi connectivity index (χ1v) is 9.26. The van der Waals surface area contributed by atoms with Crippen molar-refractivity contribution in [2.45, 2.75) is 65.0 Å². The average Bonchev–Trinajstić information content (AvgIpc) is 2.50. The topological polar surface area (TPSA) is 78.0 Å². The molecule has 1 amide bonds. The van der Waals surface area contributed by atoms with Crippen LogP contribution in [0.1, 0.15) is 53.4 Å². The van der Waals surface area contributed by atoms with Crippen LogP contribution in [0, 0.1) is 0 Å². The molecule has 0 rings (SSSR count). The Kier molecular flexibility index (Phi) is 16.2. The lowest BCUT2D eigenvalue weighted by Gasteiger charge is -2.24. The van der Waals surface area contributed by atoms with Gasteiger partial charge in [-0.1, -0.05) is 19.8 Å². The minimum Gasteiger partial charge on any atom is -0.444 e. The van der Waals surface area contributed by atoms with Gasteiger partial charge in [0.25, 0.3) is 0 Å². The van der Waals surface area contributed by atoms with E-state index >= 15 is 0 Å². The van der Waals surface area contributed by atoms with Gasteiger partial charge in [0.15, 0.2) is 5.96 Å². The van der Waals surface area contributed by atoms with E-state index in [4.69, 9.17) is 4.74 Å². The van der Waals surface area contributed by atoms with Gasteiger partial charge in [0.2, 0.25) is 0 Å². The van der Waals surface area contributed by atoms with Crippen LogP contribution in [0.5, 0.6) is 0 Å². The summed E-state index contributed by atoms with van der Waals surface area (Å²) in [5, 5.41) is 9.57. The van der Waals surface area contributed by atoms with Gasteiger partial charge < -0.3 is 25.6 Å². The average molecular weight is 485 g/mol. The van der Waals surface area contributed by atoms with Crippen LogP contribution in [0.15, 0.2) is 4.99 Å². The molecular formula is C18H40IN5O2. The van der Waals surface area contributed by atoms with Crippen molar-refractivity contribution >= 4 is 36.0 Å². The number of hydrogen-bond donors (Lipinski definition) is 3. The molecule has 1 atom stereocenters. The molecule has 8 heteroatoms. The maximum atomic E-state index is 11.9. The van der Waals surface area contributed by atoms with E-state index in [-0.39, 0.29) is 36.1 Å². The second-order valence-electron chi connectivity index (χ2n) is 7.52. The lowest BCUT2D eigenvalue weighted by Crippen LogP contribution is -2.49. The molecule has 0 saturated heterocycles. The van der Waals surface area contributed by atoms with Crippen LogP contribution in [-0.2, 0) is 4.74 Å². The van der Waals surface area contributed by atoms with Crippen LogP contribution >= 0.6 is 24.0 Å². The monoisotopic (exact) mass is 485 g/mol. The molecule has 3 N–H and O–H groups in total. The van der Waals surface area contributed by atoms with E-state index in [1.807, 2.05) is 20.8 Å². The van der Waals surface area contributed by atoms with Gasteiger partial charge >= 0.3 is 6.09 Å². The van der Waals surface area contributed by atoms with Gasteiger partial charge in [0.05, 0.1) is 0 Å². The van der Waals surface area contributed by atoms with Gasteiger partial charge in [-0.25, -0.2) is 4.79 Å². The van der Waals surface area contributed by atoms with Crippen molar-refractivity contribution in [2.24, 2.45) is 4.99 Å². The number of halogens is 1. The zero-order chi connectivity index (χ0) is 19.3. The van der Waals surface area contributed by atoms with Crippen LogP contribution in [0.3, 0.4) is 0 Å². The number of alkyl carbamates (subject to hydrolysis) is 1. The Bertz CT molecular complexity index is 398. The number of amides is 1. The Morgan fingerprint density at radius 1 is 1.19 bits per heavy atom. The summed E-state index contributed by atoms with van der Waals surface area (Å²) in [7, 11) is 5.89. The third-order valence-corrected chi connectivity index (χ3v) is 3.44. The van der Waals surface area contributed by atoms with Gasteiger partial charge in [-0.05, 0) is 54.3 Å². The summed E-state index contributed by atoms with van der Waals surface area (Å²) in [5.41, 5.74) is -0.486. The van der Waals surface area contributed by atoms with Crippen molar-refractivity contribution in [3.05, 3.63) is 0 Å². The Labute approximate surface area is 177 Å². The van der Waals surface area contributed by atoms with Crippen molar-refractivity contribution in [2.75, 3.05) is 40.8 Å². The van der Waals surface area contributed by atoms with E-state index in [0.717, 1.165) is 44.7 Å². The molecule has 0 radical (unpaired) electrons. The number of hydrogen-bond acceptors (Lipinski definition) is 4. The molecule has 0 aromatic heterocycles. The lowest BCUT2D eigenvalue weighted by molar-refractivity contribution is 0.0523. The quantitative estimate of drug-likeness (QED) is 0.192. The molecule has 26 heavy (non-hydrogen) atoms. The molecule has 0 aliphatic heterocycles. The van der Waals surface area contributed by atoms with Gasteiger partial charge in [-0.2, -0.15) is 0 Å². The minimum absolute atomic E-state index is 0. The maximum Gasteiger partial charge on any atom is 0.407 e. The Balaban J connectivity index is 0. The molecule has 0 aromatic rings. The van der Waals surface area contributed by atoms with Crippen molar-refractivity contribution in [3.63, 3.8) is 0 Å². The molecule has 0 saturated carbocycles. The van der Waals surface area contributed by atoms with E-state index < -0.39 is 5.60 Å². The lowest BCUT2D eigenvalue weighted by atomic mass is 10.1. The fraction of sp³-hybridized carbons (Fsp3) is 0.889. The van der Waals surface area contributed by atoms with E-state index in [1.165, 1.54) is 0 Å². The highest BCUT2D eigenvalue weighted by Crippen LogP contribution is 2.07. The number of nitrogens with one attached hydrogen (secondary N) is 3. The maximum absolute atomic E-state index is 11.9. The Hall–Kier alpha value is -0.770. The number of carbonyl (C=O) groups excluding carboxylic acids is 1. The van der Waals surface area contributed by atoms with Gasteiger partial charge in [0, 0.05) is 26.2 Å². The third-order valence-electron chi connectivity index (χ3n) is 3.44. The van der Waals surface area contributed by atoms with Crippen molar-refractivity contribution in [3.8, 4) is 0 Å². The first-order chi connectivity index (χ1) is 11.7. The van der Waals surface area contributed by atoms with Crippen LogP contribution in [0.25, 0.3) is 0 Å². The van der Waals surface area contributed by atoms with E-state index in [2.05, 4.69) is 46.9 Å². The summed E-state index contributed by atoms with van der Waals surface area (Å²) in [5.74, 6) is 0.769. The van der Waals surface area contributed by atoms with Gasteiger partial charge in [-0.3, -0.25) is 4.99 Å². The minimum atomic E-state index is -0.486. The fourth-order valence-electron chi connectivity index (χ4n) is 2.19. The highest BCUT2D eigenvalue weighted by molar-refractivity contribution is 14.0. The molecule has 0 heterocycles. The number of carbonyl (C=O) groups is 1. The predicted octanol–water partition coefficient (Wildman–Crippen LogP) is 2.80. The van der Waals surface area contributed by atoms with Gasteiger partial charge in [0.1, 0.15) is 5.60 Å². The Morgan fingerprint density at radius 2 is 1.85 bits per heavy atom. The summed E-state index contributed by atoms with van der Waals surface area (Å²) < 4.78 is 5.30. The van der Waals surface area contributed by atoms with Crippen molar-refractivity contribution < 1.29 is 9.53 Å². The summed E-state index contributed by atoms with van der Waals surface area (Å²) in [6, 6.07) is 0.118. The fourth-order valence-corrected chi connectivity index (χ4v) is 2.19. The number of aliphatic imine (C=N–C) groups is 1. The molecule has 1 unspecified atom stereocenters. The van der Waals surface area contributed by atoms with Gasteiger partial charge in [-0.15, -0.1) is 24.0 Å². The molecular weight excluding hydrogens is 445 g/mol. The molecule has 0 aliphatic rings. The molecule has 156 valence electrons. The van der Waals surface area contributed by atoms with E-state index in [0.29, 0.717) is 6.54 Å². The van der Waals surface area contributed by atoms with Crippen LogP contribution < -0.4 is 16.0 Å². The standard InChI is InChI=1S/C18H39N5O2.HI/c1-8-9-11-15(14-21-17(24)25-18(2,3)4)22-16(19-5)20-12-10-13-23(6)7;/h15H,8-14H2,1-7H3,(H,21,24)(H2,19,20,22);1H. The van der Waals surface area contributed by atoms with E-state index in [9.17, 15) is 4.79 Å². The summed E-state index contributed by atoms with van der Waals surface area (Å²) in [4.78, 5) is 18.3. The second kappa shape index (κ2) is 15.3. The highest BCUT2D eigenvalue weighted by Gasteiger charge is 2.18. The van der Waals surface area contributed by atoms with Crippen LogP contribution in [0.4, 0.5) is 4.79 Å². The Morgan fingerprint density at radius 3 is 2.35 bits per heavy atom. The largest absolute Gasteiger partial charge is 0.444 e. The number of guanidine groups is 1. The summed E-state index contributed by atoms with van der Waals surface area (Å²) in [6.07, 6.45) is 3.82. The molecule has 0 aliphatic carbocycles. The zero-order valence-corrected chi connectivity index (χ0v) is 20.0. The molecule has 0 bridgehead atoms. The van der Waals surface area contributed by atoms with Crippen molar-refractivity contribution in [1.29, 1.82) is 0 Å². The summed E-state index contributed by atoms with van der Waals surface area (Å²) in [6.45, 7) is 10.1. The normalized spacial score (nSPS) is 13.0. The van der Waals surface area contributed by atoms with Crippen molar-refractivity contribution in [1.82, 2.24) is 20.9 Å². The zero-order valence-electron chi connectivity index (χ0n) is 17.6. The van der Waals surface area contributed by atoms with E-state index in [1.54, 1.807) is 7.05 Å². The molecule has 0 spiro atoms. The third kappa shape index (κ3) is 16.7. The van der Waals surface area contributed by atoms with Crippen LogP contribution in [0.2, 0.25) is 0 Å². The molecule has 0 fully saturated rings. The SMILES string of the molecule is CCCCC(CNC(=O)OC(C)(C)C)NC(=NC)NCCCN(C)C.I. The number of unbranched alkanes of at least 4 members (excludes halogenated alkanes) is 1. The first kappa shape index (κ1) is 27.4. The highest BCUT2D eigenvalue weighted by atomic mass is 127. The second-order valence-corrected chi connectivity index (χ2v) is 7.52. The molecule has 7 nitrogen and oxygen atoms in total. The number of nitrogens with zero attached hydrogens (tertiary/aromatic N) is 2. The number of ether oxygens (including phenoxy) is 1. The smallest absolute Gasteiger partial charge is 0.407 e. The first-order valence-electron chi connectivity index (χ1n) is 9.26.